The first-order valence-corrected chi connectivity index (χ1v) is 14.6. The van der Waals surface area contributed by atoms with Gasteiger partial charge in [-0.25, -0.2) is 4.98 Å². The number of rotatable bonds is 5. The van der Waals surface area contributed by atoms with Gasteiger partial charge >= 0.3 is 0 Å². The number of carboxylic acids is 1. The topological polar surface area (TPSA) is 209 Å². The van der Waals surface area contributed by atoms with Gasteiger partial charge in [-0.2, -0.15) is 0 Å². The van der Waals surface area contributed by atoms with E-state index in [0.29, 0.717) is 32.2 Å². The Morgan fingerprint density at radius 2 is 1.73 bits per heavy atom. The monoisotopic (exact) mass is 612 g/mol. The molecular weight excluding hydrogens is 572 g/mol. The van der Waals surface area contributed by atoms with Crippen LogP contribution >= 0.6 is 0 Å². The average Bonchev–Trinajstić information content (AvgIpc) is 3.64. The Kier molecular flexibility index (Phi) is 12.4. The van der Waals surface area contributed by atoms with E-state index in [1.807, 2.05) is 44.2 Å². The van der Waals surface area contributed by atoms with E-state index in [1.54, 1.807) is 0 Å². The van der Waals surface area contributed by atoms with Crippen molar-refractivity contribution in [1.82, 2.24) is 31.6 Å². The van der Waals surface area contributed by atoms with Gasteiger partial charge in [0, 0.05) is 26.3 Å². The predicted octanol–water partition coefficient (Wildman–Crippen LogP) is 0.983. The fourth-order valence-corrected chi connectivity index (χ4v) is 4.77. The van der Waals surface area contributed by atoms with Crippen molar-refractivity contribution in [3.8, 4) is 0 Å². The normalized spacial score (nSPS) is 22.9. The van der Waals surface area contributed by atoms with Crippen LogP contribution in [-0.2, 0) is 30.4 Å². The van der Waals surface area contributed by atoms with Crippen molar-refractivity contribution in [2.45, 2.75) is 83.5 Å². The van der Waals surface area contributed by atoms with Gasteiger partial charge in [0.25, 0.3) is 11.9 Å². The summed E-state index contributed by atoms with van der Waals surface area (Å²) in [7, 11) is 0. The maximum atomic E-state index is 13.5. The summed E-state index contributed by atoms with van der Waals surface area (Å²) in [4.78, 5) is 77.4. The summed E-state index contributed by atoms with van der Waals surface area (Å²) in [6.45, 7) is 5.04. The van der Waals surface area contributed by atoms with Gasteiger partial charge < -0.3 is 36.1 Å². The molecule has 2 aliphatic heterocycles. The quantitative estimate of drug-likeness (QED) is 0.284. The van der Waals surface area contributed by atoms with Gasteiger partial charge in [0.05, 0.1) is 0 Å². The molecule has 238 valence electrons. The van der Waals surface area contributed by atoms with E-state index in [2.05, 4.69) is 31.6 Å². The van der Waals surface area contributed by atoms with Crippen LogP contribution in [0.15, 0.2) is 41.0 Å². The lowest BCUT2D eigenvalue weighted by Crippen LogP contribution is -2.57. The van der Waals surface area contributed by atoms with Crippen LogP contribution in [0.3, 0.4) is 0 Å². The third-order valence-electron chi connectivity index (χ3n) is 7.05. The number of aromatic nitrogens is 1. The molecule has 3 heterocycles. The molecule has 14 heteroatoms. The molecule has 4 rings (SSSR count). The minimum atomic E-state index is -0.922. The molecule has 2 bridgehead atoms. The molecule has 6 N–H and O–H groups in total. The molecule has 14 nitrogen and oxygen atoms in total. The zero-order valence-electron chi connectivity index (χ0n) is 25.1. The Labute approximate surface area is 255 Å². The summed E-state index contributed by atoms with van der Waals surface area (Å²) < 4.78 is 5.63. The molecule has 0 spiro atoms. The van der Waals surface area contributed by atoms with Crippen LogP contribution < -0.4 is 26.6 Å². The number of carboxylic acid groups (broad SMARTS) is 1. The number of benzene rings is 1. The van der Waals surface area contributed by atoms with Gasteiger partial charge in [-0.1, -0.05) is 44.2 Å². The van der Waals surface area contributed by atoms with E-state index in [0.717, 1.165) is 12.5 Å². The molecule has 2 aliphatic rings. The standard InChI is InChI=1S/C28H36N6O6.C2H4O2/c1-16(2)23-27(39)32-20(14-17-8-4-3-5-9-17)28-33-21(15-40-28)24(36)29-13-7-6-10-18(26(38)34-23)31-25(37)19-11-12-22(35)30-19;1-2(3)4/h3-5,8-9,15-16,18-20,23H,6-7,10-14H2,1-2H3,(H,29,36)(H,30,35)(H,31,37)(H,32,39)(H,34,38);1H3,(H,3,4)/t18-,19-,20+,23-;/m0./s1. The van der Waals surface area contributed by atoms with Gasteiger partial charge in [-0.05, 0) is 37.2 Å². The summed E-state index contributed by atoms with van der Waals surface area (Å²) in [5, 5.41) is 21.3. The molecule has 5 amide bonds. The Balaban J connectivity index is 0.00000124. The zero-order chi connectivity index (χ0) is 32.2. The summed E-state index contributed by atoms with van der Waals surface area (Å²) in [6.07, 6.45) is 3.55. The van der Waals surface area contributed by atoms with Crippen molar-refractivity contribution < 1.29 is 38.3 Å². The van der Waals surface area contributed by atoms with Crippen molar-refractivity contribution in [3.63, 3.8) is 0 Å². The lowest BCUT2D eigenvalue weighted by molar-refractivity contribution is -0.134. The number of aliphatic carboxylic acids is 1. The maximum absolute atomic E-state index is 13.5. The maximum Gasteiger partial charge on any atom is 0.300 e. The van der Waals surface area contributed by atoms with Crippen LogP contribution in [0, 0.1) is 5.92 Å². The minimum Gasteiger partial charge on any atom is -0.481 e. The molecule has 1 fully saturated rings. The van der Waals surface area contributed by atoms with Crippen LogP contribution in [0.1, 0.15) is 80.9 Å². The number of oxazole rings is 1. The molecular formula is C30H40N6O8. The molecule has 44 heavy (non-hydrogen) atoms. The second-order valence-corrected chi connectivity index (χ2v) is 11.0. The molecule has 0 unspecified atom stereocenters. The Morgan fingerprint density at radius 1 is 1.02 bits per heavy atom. The molecule has 2 aromatic rings. The average molecular weight is 613 g/mol. The molecule has 4 atom stereocenters. The highest BCUT2D eigenvalue weighted by Crippen LogP contribution is 2.20. The first kappa shape index (κ1) is 33.7. The first-order chi connectivity index (χ1) is 20.9. The van der Waals surface area contributed by atoms with Gasteiger partial charge in [-0.15, -0.1) is 0 Å². The number of fused-ring (bicyclic) bond motifs is 2. The summed E-state index contributed by atoms with van der Waals surface area (Å²) >= 11 is 0. The number of amides is 5. The number of hydrogen-bond donors (Lipinski definition) is 6. The molecule has 1 aromatic carbocycles. The highest BCUT2D eigenvalue weighted by molar-refractivity contribution is 5.95. The van der Waals surface area contributed by atoms with Gasteiger partial charge in [0.1, 0.15) is 30.4 Å². The summed E-state index contributed by atoms with van der Waals surface area (Å²) in [5.74, 6) is -2.96. The van der Waals surface area contributed by atoms with E-state index in [9.17, 15) is 24.0 Å². The van der Waals surface area contributed by atoms with Crippen molar-refractivity contribution in [2.24, 2.45) is 5.92 Å². The smallest absolute Gasteiger partial charge is 0.300 e. The molecule has 0 saturated carbocycles. The summed E-state index contributed by atoms with van der Waals surface area (Å²) in [5.41, 5.74) is 1.02. The third-order valence-corrected chi connectivity index (χ3v) is 7.05. The van der Waals surface area contributed by atoms with E-state index in [4.69, 9.17) is 14.3 Å². The molecule has 1 aromatic heterocycles. The van der Waals surface area contributed by atoms with Crippen LogP contribution in [0.5, 0.6) is 0 Å². The van der Waals surface area contributed by atoms with Crippen LogP contribution in [0.2, 0.25) is 0 Å². The number of carbonyl (C=O) groups is 6. The Morgan fingerprint density at radius 3 is 2.36 bits per heavy atom. The Hall–Kier alpha value is -4.75. The number of nitrogens with zero attached hydrogens (tertiary/aromatic N) is 1. The molecule has 0 radical (unpaired) electrons. The van der Waals surface area contributed by atoms with Crippen molar-refractivity contribution in [1.29, 1.82) is 0 Å². The van der Waals surface area contributed by atoms with E-state index < -0.39 is 53.8 Å². The van der Waals surface area contributed by atoms with Crippen LogP contribution in [0.4, 0.5) is 0 Å². The lowest BCUT2D eigenvalue weighted by Gasteiger charge is -2.27. The van der Waals surface area contributed by atoms with Crippen molar-refractivity contribution in [2.75, 3.05) is 6.54 Å². The lowest BCUT2D eigenvalue weighted by atomic mass is 10.00. The van der Waals surface area contributed by atoms with E-state index in [1.165, 1.54) is 6.26 Å². The van der Waals surface area contributed by atoms with Gasteiger partial charge in [-0.3, -0.25) is 28.8 Å². The number of nitrogens with one attached hydrogen (secondary N) is 5. The highest BCUT2D eigenvalue weighted by Gasteiger charge is 2.34. The zero-order valence-corrected chi connectivity index (χ0v) is 25.1. The predicted molar refractivity (Wildman–Crippen MR) is 157 cm³/mol. The first-order valence-electron chi connectivity index (χ1n) is 14.6. The molecule has 1 saturated heterocycles. The van der Waals surface area contributed by atoms with Crippen LogP contribution in [-0.4, -0.2) is 70.3 Å². The third kappa shape index (κ3) is 10.2. The van der Waals surface area contributed by atoms with E-state index >= 15 is 0 Å². The van der Waals surface area contributed by atoms with E-state index in [-0.39, 0.29) is 36.3 Å². The minimum absolute atomic E-state index is 0.104. The fraction of sp³-hybridized carbons (Fsp3) is 0.500. The Bertz CT molecular complexity index is 1320. The second-order valence-electron chi connectivity index (χ2n) is 11.0. The SMILES string of the molecule is CC(=O)O.CC(C)[C@@H]1NC(=O)[C@@H](NC(=O)[C@@H]2CCC(=O)N2)CCCCNC(=O)c2coc(n2)[C@@H](Cc2ccccc2)NC1=O. The second kappa shape index (κ2) is 16.2. The van der Waals surface area contributed by atoms with Gasteiger partial charge in [0.15, 0.2) is 5.69 Å². The highest BCUT2D eigenvalue weighted by atomic mass is 16.4. The van der Waals surface area contributed by atoms with Gasteiger partial charge in [0.2, 0.25) is 29.5 Å². The van der Waals surface area contributed by atoms with Crippen LogP contribution in [0.25, 0.3) is 0 Å². The van der Waals surface area contributed by atoms with Crippen molar-refractivity contribution >= 4 is 35.5 Å². The largest absolute Gasteiger partial charge is 0.481 e. The number of hydrogen-bond acceptors (Lipinski definition) is 8. The molecule has 0 aliphatic carbocycles. The fourth-order valence-electron chi connectivity index (χ4n) is 4.77. The number of carbonyl (C=O) groups excluding carboxylic acids is 5. The summed E-state index contributed by atoms with van der Waals surface area (Å²) in [6, 6.07) is 6.21. The van der Waals surface area contributed by atoms with Crippen molar-refractivity contribution in [3.05, 3.63) is 53.7 Å².